The molecule has 1 atom stereocenters. The fourth-order valence-electron chi connectivity index (χ4n) is 1.88. The summed E-state index contributed by atoms with van der Waals surface area (Å²) in [5.41, 5.74) is 0. The van der Waals surface area contributed by atoms with E-state index in [4.69, 9.17) is 9.84 Å². The Morgan fingerprint density at radius 2 is 2.06 bits per heavy atom. The normalized spacial score (nSPS) is 19.2. The second-order valence-corrected chi connectivity index (χ2v) is 4.54. The lowest BCUT2D eigenvalue weighted by Crippen LogP contribution is -2.52. The van der Waals surface area contributed by atoms with Crippen molar-refractivity contribution >= 4 is 12.0 Å². The van der Waals surface area contributed by atoms with Gasteiger partial charge in [0.2, 0.25) is 0 Å². The summed E-state index contributed by atoms with van der Waals surface area (Å²) in [5.74, 6) is -1.10. The standard InChI is InChI=1S/C11H21N3O4/c1-14-5-3-8(4-6-14)12-11(17)13-9(7-18-2)10(15)16/h8-9H,3-7H2,1-2H3,(H,15,16)(H2,12,13,17). The Morgan fingerprint density at radius 1 is 1.44 bits per heavy atom. The molecule has 1 aliphatic heterocycles. The van der Waals surface area contributed by atoms with E-state index in [2.05, 4.69) is 15.5 Å². The van der Waals surface area contributed by atoms with Gasteiger partial charge in [-0.05, 0) is 33.0 Å². The van der Waals surface area contributed by atoms with Gasteiger partial charge in [-0.15, -0.1) is 0 Å². The van der Waals surface area contributed by atoms with Gasteiger partial charge in [0.05, 0.1) is 6.61 Å². The molecule has 1 rings (SSSR count). The number of likely N-dealkylation sites (tertiary alicyclic amines) is 1. The highest BCUT2D eigenvalue weighted by atomic mass is 16.5. The molecule has 2 amide bonds. The predicted molar refractivity (Wildman–Crippen MR) is 65.5 cm³/mol. The minimum atomic E-state index is -1.10. The van der Waals surface area contributed by atoms with Crippen LogP contribution in [0.2, 0.25) is 0 Å². The van der Waals surface area contributed by atoms with Crippen LogP contribution in [0.25, 0.3) is 0 Å². The van der Waals surface area contributed by atoms with Crippen LogP contribution in [0, 0.1) is 0 Å². The van der Waals surface area contributed by atoms with Gasteiger partial charge in [0.15, 0.2) is 6.04 Å². The Balaban J connectivity index is 2.33. The molecule has 1 saturated heterocycles. The van der Waals surface area contributed by atoms with E-state index in [0.29, 0.717) is 0 Å². The lowest BCUT2D eigenvalue weighted by atomic mass is 10.1. The van der Waals surface area contributed by atoms with Gasteiger partial charge in [-0.25, -0.2) is 9.59 Å². The summed E-state index contributed by atoms with van der Waals surface area (Å²) in [6.45, 7) is 1.83. The zero-order chi connectivity index (χ0) is 13.5. The summed E-state index contributed by atoms with van der Waals surface area (Å²) in [6, 6.07) is -1.35. The molecule has 0 bridgehead atoms. The third-order valence-corrected chi connectivity index (χ3v) is 2.99. The molecule has 0 aliphatic carbocycles. The molecule has 104 valence electrons. The quantitative estimate of drug-likeness (QED) is 0.618. The number of aliphatic carboxylic acids is 1. The van der Waals surface area contributed by atoms with Crippen molar-refractivity contribution in [2.45, 2.75) is 24.9 Å². The number of piperidine rings is 1. The number of nitrogens with zero attached hydrogens (tertiary/aromatic N) is 1. The number of carboxylic acids is 1. The molecule has 18 heavy (non-hydrogen) atoms. The molecular formula is C11H21N3O4. The summed E-state index contributed by atoms with van der Waals surface area (Å²) < 4.78 is 4.74. The Labute approximate surface area is 106 Å². The molecule has 7 heteroatoms. The van der Waals surface area contributed by atoms with Crippen LogP contribution in [-0.4, -0.2) is 67.9 Å². The number of urea groups is 1. The monoisotopic (exact) mass is 259 g/mol. The van der Waals surface area contributed by atoms with Crippen LogP contribution < -0.4 is 10.6 Å². The third-order valence-electron chi connectivity index (χ3n) is 2.99. The van der Waals surface area contributed by atoms with E-state index in [0.717, 1.165) is 25.9 Å². The molecule has 1 unspecified atom stereocenters. The van der Waals surface area contributed by atoms with Crippen molar-refractivity contribution in [3.63, 3.8) is 0 Å². The third kappa shape index (κ3) is 4.89. The number of carbonyl (C=O) groups excluding carboxylic acids is 1. The second-order valence-electron chi connectivity index (χ2n) is 4.54. The van der Waals surface area contributed by atoms with Crippen LogP contribution in [0.3, 0.4) is 0 Å². The molecule has 0 saturated carbocycles. The average Bonchev–Trinajstić information content (AvgIpc) is 2.31. The maximum atomic E-state index is 11.6. The maximum Gasteiger partial charge on any atom is 0.328 e. The first-order chi connectivity index (χ1) is 8.52. The highest BCUT2D eigenvalue weighted by molar-refractivity contribution is 5.82. The van der Waals surface area contributed by atoms with Gasteiger partial charge >= 0.3 is 12.0 Å². The van der Waals surface area contributed by atoms with E-state index in [-0.39, 0.29) is 12.6 Å². The van der Waals surface area contributed by atoms with Crippen molar-refractivity contribution in [2.75, 3.05) is 33.9 Å². The lowest BCUT2D eigenvalue weighted by molar-refractivity contribution is -0.140. The predicted octanol–water partition coefficient (Wildman–Crippen LogP) is -0.521. The minimum Gasteiger partial charge on any atom is -0.480 e. The molecule has 0 aromatic heterocycles. The highest BCUT2D eigenvalue weighted by Crippen LogP contribution is 2.07. The van der Waals surface area contributed by atoms with Crippen LogP contribution in [0.4, 0.5) is 4.79 Å². The molecule has 1 heterocycles. The number of amides is 2. The number of ether oxygens (including phenoxy) is 1. The average molecular weight is 259 g/mol. The number of hydrogen-bond acceptors (Lipinski definition) is 4. The first-order valence-electron chi connectivity index (χ1n) is 6.00. The number of rotatable bonds is 5. The second kappa shape index (κ2) is 7.17. The summed E-state index contributed by atoms with van der Waals surface area (Å²) in [7, 11) is 3.43. The summed E-state index contributed by atoms with van der Waals surface area (Å²) in [6.07, 6.45) is 1.76. The topological polar surface area (TPSA) is 90.9 Å². The summed E-state index contributed by atoms with van der Waals surface area (Å²) in [5, 5.41) is 14.0. The summed E-state index contributed by atoms with van der Waals surface area (Å²) in [4.78, 5) is 24.7. The van der Waals surface area contributed by atoms with Crippen LogP contribution in [0.5, 0.6) is 0 Å². The van der Waals surface area contributed by atoms with E-state index in [1.54, 1.807) is 0 Å². The maximum absolute atomic E-state index is 11.6. The van der Waals surface area contributed by atoms with Crippen LogP contribution in [0.1, 0.15) is 12.8 Å². The number of methoxy groups -OCH3 is 1. The van der Waals surface area contributed by atoms with Crippen molar-refractivity contribution in [3.05, 3.63) is 0 Å². The van der Waals surface area contributed by atoms with E-state index >= 15 is 0 Å². The van der Waals surface area contributed by atoms with Crippen LogP contribution >= 0.6 is 0 Å². The van der Waals surface area contributed by atoms with Gasteiger partial charge in [0.1, 0.15) is 0 Å². The summed E-state index contributed by atoms with van der Waals surface area (Å²) >= 11 is 0. The van der Waals surface area contributed by atoms with Gasteiger partial charge in [0.25, 0.3) is 0 Å². The van der Waals surface area contributed by atoms with Crippen molar-refractivity contribution in [1.29, 1.82) is 0 Å². The highest BCUT2D eigenvalue weighted by Gasteiger charge is 2.22. The van der Waals surface area contributed by atoms with Crippen LogP contribution in [0.15, 0.2) is 0 Å². The zero-order valence-electron chi connectivity index (χ0n) is 10.8. The van der Waals surface area contributed by atoms with Crippen LogP contribution in [-0.2, 0) is 9.53 Å². The SMILES string of the molecule is COCC(NC(=O)NC1CCN(C)CC1)C(=O)O. The fraction of sp³-hybridized carbons (Fsp3) is 0.818. The lowest BCUT2D eigenvalue weighted by Gasteiger charge is -2.29. The Kier molecular flexibility index (Phi) is 5.87. The first kappa shape index (κ1) is 14.7. The Hall–Kier alpha value is -1.34. The molecule has 0 aromatic carbocycles. The van der Waals surface area contributed by atoms with Gasteiger partial charge in [-0.1, -0.05) is 0 Å². The van der Waals surface area contributed by atoms with E-state index in [9.17, 15) is 9.59 Å². The number of carbonyl (C=O) groups is 2. The molecule has 7 nitrogen and oxygen atoms in total. The zero-order valence-corrected chi connectivity index (χ0v) is 10.8. The van der Waals surface area contributed by atoms with Crippen molar-refractivity contribution in [2.24, 2.45) is 0 Å². The molecule has 0 radical (unpaired) electrons. The van der Waals surface area contributed by atoms with E-state index < -0.39 is 18.0 Å². The number of hydrogen-bond donors (Lipinski definition) is 3. The molecule has 0 aromatic rings. The van der Waals surface area contributed by atoms with Gasteiger partial charge in [0, 0.05) is 13.2 Å². The Bertz CT molecular complexity index is 290. The molecule has 3 N–H and O–H groups in total. The molecular weight excluding hydrogens is 238 g/mol. The van der Waals surface area contributed by atoms with Gasteiger partial charge in [-0.3, -0.25) is 0 Å². The smallest absolute Gasteiger partial charge is 0.328 e. The van der Waals surface area contributed by atoms with Crippen molar-refractivity contribution in [3.8, 4) is 0 Å². The van der Waals surface area contributed by atoms with Gasteiger partial charge < -0.3 is 25.4 Å². The van der Waals surface area contributed by atoms with Gasteiger partial charge in [-0.2, -0.15) is 0 Å². The minimum absolute atomic E-state index is 0.0455. The molecule has 0 spiro atoms. The number of nitrogens with one attached hydrogen (secondary N) is 2. The molecule has 1 fully saturated rings. The Morgan fingerprint density at radius 3 is 2.56 bits per heavy atom. The largest absolute Gasteiger partial charge is 0.480 e. The number of carboxylic acid groups (broad SMARTS) is 1. The first-order valence-corrected chi connectivity index (χ1v) is 6.00. The fourth-order valence-corrected chi connectivity index (χ4v) is 1.88. The van der Waals surface area contributed by atoms with Crippen molar-refractivity contribution in [1.82, 2.24) is 15.5 Å². The van der Waals surface area contributed by atoms with E-state index in [1.807, 2.05) is 7.05 Å². The van der Waals surface area contributed by atoms with E-state index in [1.165, 1.54) is 7.11 Å². The van der Waals surface area contributed by atoms with Crippen molar-refractivity contribution < 1.29 is 19.4 Å². The molecule has 1 aliphatic rings.